The van der Waals surface area contributed by atoms with E-state index in [2.05, 4.69) is 31.7 Å². The summed E-state index contributed by atoms with van der Waals surface area (Å²) < 4.78 is 0. The van der Waals surface area contributed by atoms with Gasteiger partial charge in [0.05, 0.1) is 17.6 Å². The molecule has 2 aliphatic heterocycles. The van der Waals surface area contributed by atoms with Crippen LogP contribution in [-0.2, 0) is 4.79 Å². The SMILES string of the molecule is C=C1C2=C(C(=O)N1C)N(CCNc1ccc(-c3cncnc3)nc1)CCC2. The molecule has 0 saturated heterocycles. The van der Waals surface area contributed by atoms with Crippen LogP contribution in [0.5, 0.6) is 0 Å². The molecule has 4 rings (SSSR count). The zero-order valence-corrected chi connectivity index (χ0v) is 15.4. The van der Waals surface area contributed by atoms with Gasteiger partial charge in [-0.15, -0.1) is 0 Å². The number of carbonyl (C=O) groups is 1. The molecule has 7 heteroatoms. The first-order chi connectivity index (χ1) is 13.1. The molecule has 0 aliphatic carbocycles. The van der Waals surface area contributed by atoms with Crippen molar-refractivity contribution in [3.8, 4) is 11.3 Å². The van der Waals surface area contributed by atoms with Gasteiger partial charge in [0.15, 0.2) is 0 Å². The summed E-state index contributed by atoms with van der Waals surface area (Å²) in [6, 6.07) is 3.94. The van der Waals surface area contributed by atoms with Crippen molar-refractivity contribution in [1.82, 2.24) is 24.8 Å². The van der Waals surface area contributed by atoms with Crippen LogP contribution in [0.15, 0.2) is 60.6 Å². The van der Waals surface area contributed by atoms with Crippen LogP contribution < -0.4 is 5.32 Å². The third-order valence-corrected chi connectivity index (χ3v) is 5.05. The molecule has 7 nitrogen and oxygen atoms in total. The maximum atomic E-state index is 12.5. The Balaban J connectivity index is 1.37. The van der Waals surface area contributed by atoms with Gasteiger partial charge in [-0.1, -0.05) is 6.58 Å². The first-order valence-corrected chi connectivity index (χ1v) is 9.06. The molecule has 0 radical (unpaired) electrons. The second-order valence-electron chi connectivity index (χ2n) is 6.71. The molecule has 2 aromatic rings. The normalized spacial score (nSPS) is 16.8. The minimum atomic E-state index is 0.0609. The van der Waals surface area contributed by atoms with Gasteiger partial charge < -0.3 is 15.1 Å². The minimum Gasteiger partial charge on any atom is -0.382 e. The third kappa shape index (κ3) is 3.28. The Morgan fingerprint density at radius 1 is 1.22 bits per heavy atom. The van der Waals surface area contributed by atoms with Gasteiger partial charge in [0.1, 0.15) is 12.0 Å². The summed E-state index contributed by atoms with van der Waals surface area (Å²) in [4.78, 5) is 28.8. The molecule has 0 atom stereocenters. The molecule has 0 fully saturated rings. The smallest absolute Gasteiger partial charge is 0.274 e. The molecule has 1 N–H and O–H groups in total. The lowest BCUT2D eigenvalue weighted by Crippen LogP contribution is -2.36. The molecule has 0 saturated carbocycles. The number of hydrogen-bond acceptors (Lipinski definition) is 6. The van der Waals surface area contributed by atoms with Gasteiger partial charge in [0, 0.05) is 55.9 Å². The van der Waals surface area contributed by atoms with E-state index in [1.807, 2.05) is 12.1 Å². The van der Waals surface area contributed by atoms with E-state index in [1.165, 1.54) is 6.33 Å². The Labute approximate surface area is 158 Å². The second kappa shape index (κ2) is 7.19. The second-order valence-corrected chi connectivity index (χ2v) is 6.71. The van der Waals surface area contributed by atoms with Crippen molar-refractivity contribution < 1.29 is 4.79 Å². The van der Waals surface area contributed by atoms with Crippen LogP contribution in [0.1, 0.15) is 12.8 Å². The van der Waals surface area contributed by atoms with E-state index in [-0.39, 0.29) is 5.91 Å². The van der Waals surface area contributed by atoms with Crippen molar-refractivity contribution in [3.05, 3.63) is 60.6 Å². The lowest BCUT2D eigenvalue weighted by atomic mass is 10.0. The number of nitrogens with zero attached hydrogens (tertiary/aromatic N) is 5. The lowest BCUT2D eigenvalue weighted by Gasteiger charge is -2.29. The Hall–Kier alpha value is -3.22. The Kier molecular flexibility index (Phi) is 4.58. The average Bonchev–Trinajstić information content (AvgIpc) is 2.94. The molecular formula is C20H22N6O. The van der Waals surface area contributed by atoms with E-state index in [4.69, 9.17) is 0 Å². The third-order valence-electron chi connectivity index (χ3n) is 5.05. The van der Waals surface area contributed by atoms with E-state index in [1.54, 1.807) is 30.5 Å². The van der Waals surface area contributed by atoms with Gasteiger partial charge in [0.2, 0.25) is 0 Å². The molecule has 0 spiro atoms. The van der Waals surface area contributed by atoms with Gasteiger partial charge in [0.25, 0.3) is 5.91 Å². The van der Waals surface area contributed by atoms with Crippen LogP contribution >= 0.6 is 0 Å². The van der Waals surface area contributed by atoms with E-state index in [0.717, 1.165) is 66.4 Å². The summed E-state index contributed by atoms with van der Waals surface area (Å²) in [6.07, 6.45) is 8.78. The van der Waals surface area contributed by atoms with Gasteiger partial charge in [-0.3, -0.25) is 9.78 Å². The highest BCUT2D eigenvalue weighted by Crippen LogP contribution is 2.35. The van der Waals surface area contributed by atoms with Crippen molar-refractivity contribution in [2.24, 2.45) is 0 Å². The maximum absolute atomic E-state index is 12.5. The number of pyridine rings is 1. The highest BCUT2D eigenvalue weighted by molar-refractivity contribution is 5.99. The molecule has 2 aliphatic rings. The van der Waals surface area contributed by atoms with Crippen LogP contribution in [0.4, 0.5) is 5.69 Å². The van der Waals surface area contributed by atoms with Crippen molar-refractivity contribution in [2.45, 2.75) is 12.8 Å². The number of hydrogen-bond donors (Lipinski definition) is 1. The number of carbonyl (C=O) groups excluding carboxylic acids is 1. The predicted molar refractivity (Wildman–Crippen MR) is 103 cm³/mol. The number of anilines is 1. The molecule has 0 unspecified atom stereocenters. The molecule has 138 valence electrons. The van der Waals surface area contributed by atoms with Crippen LogP contribution in [0, 0.1) is 0 Å². The van der Waals surface area contributed by atoms with Gasteiger partial charge in [-0.05, 0) is 25.0 Å². The number of likely N-dealkylation sites (N-methyl/N-ethyl adjacent to an activating group) is 1. The van der Waals surface area contributed by atoms with Crippen molar-refractivity contribution in [3.63, 3.8) is 0 Å². The zero-order valence-electron chi connectivity index (χ0n) is 15.4. The highest BCUT2D eigenvalue weighted by Gasteiger charge is 2.36. The largest absolute Gasteiger partial charge is 0.382 e. The van der Waals surface area contributed by atoms with Gasteiger partial charge in [-0.2, -0.15) is 0 Å². The molecule has 0 bridgehead atoms. The highest BCUT2D eigenvalue weighted by atomic mass is 16.2. The minimum absolute atomic E-state index is 0.0609. The summed E-state index contributed by atoms with van der Waals surface area (Å²) in [7, 11) is 1.80. The number of nitrogens with one attached hydrogen (secondary N) is 1. The molecule has 27 heavy (non-hydrogen) atoms. The van der Waals surface area contributed by atoms with Crippen LogP contribution in [-0.4, -0.2) is 57.3 Å². The number of aromatic nitrogens is 3. The Bertz CT molecular complexity index is 890. The standard InChI is InChI=1S/C20H22N6O/c1-14-17-4-3-8-26(19(17)20(27)25(14)2)9-7-23-16-5-6-18(24-12-16)15-10-21-13-22-11-15/h5-6,10-13,23H,1,3-4,7-9H2,2H3. The fraction of sp³-hybridized carbons (Fsp3) is 0.300. The van der Waals surface area contributed by atoms with Gasteiger partial charge in [-0.25, -0.2) is 9.97 Å². The van der Waals surface area contributed by atoms with Crippen molar-refractivity contribution in [1.29, 1.82) is 0 Å². The van der Waals surface area contributed by atoms with Gasteiger partial charge >= 0.3 is 0 Å². The van der Waals surface area contributed by atoms with Crippen LogP contribution in [0.25, 0.3) is 11.3 Å². The zero-order chi connectivity index (χ0) is 18.8. The molecule has 0 aromatic carbocycles. The Morgan fingerprint density at radius 3 is 2.78 bits per heavy atom. The van der Waals surface area contributed by atoms with Crippen molar-refractivity contribution in [2.75, 3.05) is 32.0 Å². The van der Waals surface area contributed by atoms with E-state index in [9.17, 15) is 4.79 Å². The monoisotopic (exact) mass is 362 g/mol. The molecule has 1 amide bonds. The first-order valence-electron chi connectivity index (χ1n) is 9.06. The van der Waals surface area contributed by atoms with Crippen LogP contribution in [0.3, 0.4) is 0 Å². The first kappa shape index (κ1) is 17.2. The molecular weight excluding hydrogens is 340 g/mol. The summed E-state index contributed by atoms with van der Waals surface area (Å²) >= 11 is 0. The van der Waals surface area contributed by atoms with Crippen LogP contribution in [0.2, 0.25) is 0 Å². The fourth-order valence-electron chi connectivity index (χ4n) is 3.56. The Morgan fingerprint density at radius 2 is 2.04 bits per heavy atom. The summed E-state index contributed by atoms with van der Waals surface area (Å²) in [5.41, 5.74) is 5.45. The fourth-order valence-corrected chi connectivity index (χ4v) is 3.56. The number of rotatable bonds is 5. The lowest BCUT2D eigenvalue weighted by molar-refractivity contribution is -0.124. The maximum Gasteiger partial charge on any atom is 0.274 e. The molecule has 2 aromatic heterocycles. The number of allylic oxidation sites excluding steroid dienone is 1. The summed E-state index contributed by atoms with van der Waals surface area (Å²) in [5, 5.41) is 3.38. The van der Waals surface area contributed by atoms with Crippen molar-refractivity contribution >= 4 is 11.6 Å². The van der Waals surface area contributed by atoms with E-state index < -0.39 is 0 Å². The summed E-state index contributed by atoms with van der Waals surface area (Å²) in [6.45, 7) is 6.45. The number of amides is 1. The predicted octanol–water partition coefficient (Wildman–Crippen LogP) is 2.29. The topological polar surface area (TPSA) is 74.2 Å². The average molecular weight is 362 g/mol. The van der Waals surface area contributed by atoms with E-state index >= 15 is 0 Å². The molecule has 4 heterocycles. The van der Waals surface area contributed by atoms with E-state index in [0.29, 0.717) is 0 Å². The quantitative estimate of drug-likeness (QED) is 0.880. The summed E-state index contributed by atoms with van der Waals surface area (Å²) in [5.74, 6) is 0.0609.